The Balaban J connectivity index is 1.54. The van der Waals surface area contributed by atoms with Gasteiger partial charge in [0.2, 0.25) is 0 Å². The Hall–Kier alpha value is -2.86. The fourth-order valence-electron chi connectivity index (χ4n) is 4.07. The first-order valence-corrected chi connectivity index (χ1v) is 9.55. The Morgan fingerprint density at radius 3 is 2.64 bits per heavy atom. The molecule has 4 rings (SSSR count). The van der Waals surface area contributed by atoms with Crippen LogP contribution in [0.3, 0.4) is 0 Å². The smallest absolute Gasteiger partial charge is 0.260 e. The molecular formula is C22H25N3O3. The molecule has 0 aliphatic carbocycles. The zero-order chi connectivity index (χ0) is 19.8. The maximum absolute atomic E-state index is 13.2. The Bertz CT molecular complexity index is 1080. The highest BCUT2D eigenvalue weighted by Gasteiger charge is 2.30. The van der Waals surface area contributed by atoms with Crippen molar-refractivity contribution in [2.75, 3.05) is 13.1 Å². The van der Waals surface area contributed by atoms with Crippen molar-refractivity contribution >= 4 is 16.8 Å². The molecule has 0 N–H and O–H groups in total. The van der Waals surface area contributed by atoms with E-state index in [9.17, 15) is 9.59 Å². The molecule has 6 heteroatoms. The van der Waals surface area contributed by atoms with E-state index in [0.29, 0.717) is 30.6 Å². The molecule has 146 valence electrons. The van der Waals surface area contributed by atoms with E-state index in [-0.39, 0.29) is 17.6 Å². The topological polar surface area (TPSA) is 56.5 Å². The molecular weight excluding hydrogens is 354 g/mol. The van der Waals surface area contributed by atoms with Gasteiger partial charge in [-0.05, 0) is 24.5 Å². The van der Waals surface area contributed by atoms with Crippen LogP contribution in [-0.2, 0) is 25.4 Å². The molecule has 0 saturated carbocycles. The summed E-state index contributed by atoms with van der Waals surface area (Å²) in [6.07, 6.45) is 4.41. The number of nitrogens with zero attached hydrogens (tertiary/aromatic N) is 3. The number of likely N-dealkylation sites (tertiary alicyclic amines) is 1. The van der Waals surface area contributed by atoms with Crippen LogP contribution in [0.15, 0.2) is 47.5 Å². The van der Waals surface area contributed by atoms with Gasteiger partial charge in [-0.15, -0.1) is 0 Å². The van der Waals surface area contributed by atoms with E-state index >= 15 is 0 Å². The van der Waals surface area contributed by atoms with E-state index in [0.717, 1.165) is 23.1 Å². The molecule has 0 spiro atoms. The Morgan fingerprint density at radius 1 is 1.14 bits per heavy atom. The Kier molecular flexibility index (Phi) is 4.81. The summed E-state index contributed by atoms with van der Waals surface area (Å²) in [4.78, 5) is 27.7. The first-order chi connectivity index (χ1) is 13.5. The summed E-state index contributed by atoms with van der Waals surface area (Å²) >= 11 is 0. The number of aryl methyl sites for hydroxylation is 3. The third-order valence-corrected chi connectivity index (χ3v) is 5.47. The van der Waals surface area contributed by atoms with Crippen LogP contribution in [0.5, 0.6) is 0 Å². The van der Waals surface area contributed by atoms with Crippen LogP contribution in [0.2, 0.25) is 0 Å². The fourth-order valence-corrected chi connectivity index (χ4v) is 4.07. The number of fused-ring (bicyclic) bond motifs is 1. The highest BCUT2D eigenvalue weighted by molar-refractivity contribution is 6.07. The second-order valence-electron chi connectivity index (χ2n) is 7.56. The molecule has 0 radical (unpaired) electrons. The molecule has 3 heterocycles. The normalized spacial score (nSPS) is 16.8. The Labute approximate surface area is 163 Å². The standard InChI is InChI=1S/C22H25N3O3/c1-15-11-24(3)22(27)19-18(13-23(2)20(15)19)21(26)25-10-9-17(12-25)28-14-16-7-5-4-6-8-16/h4-8,11,13,17H,9-10,12,14H2,1-3H3. The molecule has 1 fully saturated rings. The highest BCUT2D eigenvalue weighted by Crippen LogP contribution is 2.24. The van der Waals surface area contributed by atoms with Crippen molar-refractivity contribution in [3.8, 4) is 0 Å². The van der Waals surface area contributed by atoms with E-state index in [1.54, 1.807) is 22.7 Å². The molecule has 1 aliphatic heterocycles. The number of amides is 1. The monoisotopic (exact) mass is 379 g/mol. The molecule has 1 unspecified atom stereocenters. The van der Waals surface area contributed by atoms with Gasteiger partial charge in [-0.2, -0.15) is 0 Å². The average molecular weight is 379 g/mol. The van der Waals surface area contributed by atoms with Crippen molar-refractivity contribution in [1.82, 2.24) is 14.0 Å². The predicted molar refractivity (Wildman–Crippen MR) is 108 cm³/mol. The number of benzene rings is 1. The summed E-state index contributed by atoms with van der Waals surface area (Å²) in [5.74, 6) is -0.0980. The molecule has 1 amide bonds. The molecule has 2 aromatic heterocycles. The lowest BCUT2D eigenvalue weighted by molar-refractivity contribution is 0.0438. The van der Waals surface area contributed by atoms with Crippen molar-refractivity contribution in [2.45, 2.75) is 26.1 Å². The molecule has 3 aromatic rings. The number of pyridine rings is 1. The first-order valence-electron chi connectivity index (χ1n) is 9.55. The van der Waals surface area contributed by atoms with Gasteiger partial charge in [-0.1, -0.05) is 30.3 Å². The van der Waals surface area contributed by atoms with Gasteiger partial charge in [-0.3, -0.25) is 9.59 Å². The van der Waals surface area contributed by atoms with Gasteiger partial charge in [0.25, 0.3) is 11.5 Å². The number of hydrogen-bond acceptors (Lipinski definition) is 3. The predicted octanol–water partition coefficient (Wildman–Crippen LogP) is 2.62. The van der Waals surface area contributed by atoms with E-state index in [1.165, 1.54) is 0 Å². The Morgan fingerprint density at radius 2 is 1.89 bits per heavy atom. The number of carbonyl (C=O) groups excluding carboxylic acids is 1. The number of aromatic nitrogens is 2. The summed E-state index contributed by atoms with van der Waals surface area (Å²) in [5, 5.41) is 0.503. The first kappa shape index (κ1) is 18.5. The quantitative estimate of drug-likeness (QED) is 0.700. The van der Waals surface area contributed by atoms with Gasteiger partial charge in [0, 0.05) is 39.6 Å². The average Bonchev–Trinajstić information content (AvgIpc) is 3.30. The molecule has 6 nitrogen and oxygen atoms in total. The summed E-state index contributed by atoms with van der Waals surface area (Å²) in [5.41, 5.74) is 3.26. The van der Waals surface area contributed by atoms with E-state index in [2.05, 4.69) is 0 Å². The van der Waals surface area contributed by atoms with Crippen LogP contribution < -0.4 is 5.56 Å². The van der Waals surface area contributed by atoms with Gasteiger partial charge in [0.05, 0.1) is 29.2 Å². The van der Waals surface area contributed by atoms with Crippen molar-refractivity contribution in [3.63, 3.8) is 0 Å². The van der Waals surface area contributed by atoms with E-state index in [4.69, 9.17) is 4.74 Å². The number of rotatable bonds is 4. The van der Waals surface area contributed by atoms with Gasteiger partial charge < -0.3 is 18.8 Å². The largest absolute Gasteiger partial charge is 0.372 e. The lowest BCUT2D eigenvalue weighted by Crippen LogP contribution is -2.31. The number of ether oxygens (including phenoxy) is 1. The maximum atomic E-state index is 13.2. The van der Waals surface area contributed by atoms with Crippen LogP contribution >= 0.6 is 0 Å². The van der Waals surface area contributed by atoms with Crippen LogP contribution in [0.1, 0.15) is 27.9 Å². The minimum Gasteiger partial charge on any atom is -0.372 e. The summed E-state index contributed by atoms with van der Waals surface area (Å²) in [6.45, 7) is 3.69. The number of hydrogen-bond donors (Lipinski definition) is 0. The molecule has 28 heavy (non-hydrogen) atoms. The van der Waals surface area contributed by atoms with E-state index in [1.807, 2.05) is 55.1 Å². The molecule has 1 aromatic carbocycles. The maximum Gasteiger partial charge on any atom is 0.260 e. The van der Waals surface area contributed by atoms with Crippen molar-refractivity contribution in [3.05, 3.63) is 69.8 Å². The van der Waals surface area contributed by atoms with Gasteiger partial charge >= 0.3 is 0 Å². The lowest BCUT2D eigenvalue weighted by Gasteiger charge is -2.16. The summed E-state index contributed by atoms with van der Waals surface area (Å²) in [7, 11) is 3.60. The molecule has 1 saturated heterocycles. The van der Waals surface area contributed by atoms with Gasteiger partial charge in [0.1, 0.15) is 0 Å². The van der Waals surface area contributed by atoms with Gasteiger partial charge in [-0.25, -0.2) is 0 Å². The summed E-state index contributed by atoms with van der Waals surface area (Å²) in [6, 6.07) is 10.0. The zero-order valence-corrected chi connectivity index (χ0v) is 16.5. The summed E-state index contributed by atoms with van der Waals surface area (Å²) < 4.78 is 9.41. The molecule has 1 aliphatic rings. The zero-order valence-electron chi connectivity index (χ0n) is 16.5. The van der Waals surface area contributed by atoms with Crippen LogP contribution in [-0.4, -0.2) is 39.1 Å². The minimum absolute atomic E-state index is 0.0173. The van der Waals surface area contributed by atoms with Gasteiger partial charge in [0.15, 0.2) is 0 Å². The SMILES string of the molecule is Cc1cn(C)c(=O)c2c(C(=O)N3CCC(OCc4ccccc4)C3)cn(C)c12. The van der Waals surface area contributed by atoms with Crippen molar-refractivity contribution in [2.24, 2.45) is 14.1 Å². The lowest BCUT2D eigenvalue weighted by atomic mass is 10.1. The highest BCUT2D eigenvalue weighted by atomic mass is 16.5. The van der Waals surface area contributed by atoms with Crippen LogP contribution in [0, 0.1) is 6.92 Å². The fraction of sp³-hybridized carbons (Fsp3) is 0.364. The third-order valence-electron chi connectivity index (χ3n) is 5.47. The van der Waals surface area contributed by atoms with Crippen molar-refractivity contribution < 1.29 is 9.53 Å². The second kappa shape index (κ2) is 7.28. The second-order valence-corrected chi connectivity index (χ2v) is 7.56. The minimum atomic E-state index is -0.138. The number of carbonyl (C=O) groups is 1. The van der Waals surface area contributed by atoms with Crippen LogP contribution in [0.4, 0.5) is 0 Å². The molecule has 1 atom stereocenters. The third kappa shape index (κ3) is 3.24. The molecule has 0 bridgehead atoms. The van der Waals surface area contributed by atoms with Crippen molar-refractivity contribution in [1.29, 1.82) is 0 Å². The van der Waals surface area contributed by atoms with E-state index < -0.39 is 0 Å². The van der Waals surface area contributed by atoms with Crippen LogP contribution in [0.25, 0.3) is 10.9 Å².